The Labute approximate surface area is 172 Å². The molecular formula is C21H20N6O3. The van der Waals surface area contributed by atoms with Gasteiger partial charge in [0.1, 0.15) is 5.76 Å². The van der Waals surface area contributed by atoms with Crippen molar-refractivity contribution in [3.05, 3.63) is 66.2 Å². The normalized spacial score (nSPS) is 18.6. The van der Waals surface area contributed by atoms with Gasteiger partial charge in [0, 0.05) is 17.7 Å². The van der Waals surface area contributed by atoms with Gasteiger partial charge in [0.2, 0.25) is 24.1 Å². The molecule has 30 heavy (non-hydrogen) atoms. The van der Waals surface area contributed by atoms with Crippen molar-refractivity contribution in [2.45, 2.75) is 26.4 Å². The van der Waals surface area contributed by atoms with Gasteiger partial charge in [-0.3, -0.25) is 10.1 Å². The fraction of sp³-hybridized carbons (Fsp3) is 0.286. The minimum atomic E-state index is -0.0118. The number of carbonyl (C=O) groups excluding carboxylic acids is 1. The minimum absolute atomic E-state index is 0.0118. The highest BCUT2D eigenvalue weighted by molar-refractivity contribution is 5.93. The molecule has 0 saturated heterocycles. The second-order valence-corrected chi connectivity index (χ2v) is 7.41. The van der Waals surface area contributed by atoms with Crippen molar-refractivity contribution in [2.24, 2.45) is 11.8 Å². The van der Waals surface area contributed by atoms with E-state index in [9.17, 15) is 4.79 Å². The fourth-order valence-corrected chi connectivity index (χ4v) is 3.30. The van der Waals surface area contributed by atoms with Crippen LogP contribution < -0.4 is 5.32 Å². The van der Waals surface area contributed by atoms with Crippen molar-refractivity contribution in [3.63, 3.8) is 0 Å². The quantitative estimate of drug-likeness (QED) is 0.672. The van der Waals surface area contributed by atoms with Gasteiger partial charge in [-0.05, 0) is 48.6 Å². The zero-order chi connectivity index (χ0) is 20.5. The van der Waals surface area contributed by atoms with Crippen LogP contribution in [-0.2, 0) is 16.1 Å². The average Bonchev–Trinajstić information content (AvgIpc) is 3.36. The van der Waals surface area contributed by atoms with Gasteiger partial charge < -0.3 is 9.26 Å². The zero-order valence-electron chi connectivity index (χ0n) is 16.4. The van der Waals surface area contributed by atoms with Crippen LogP contribution in [0.5, 0.6) is 0 Å². The number of allylic oxidation sites excluding steroid dienone is 5. The van der Waals surface area contributed by atoms with E-state index in [0.29, 0.717) is 17.4 Å². The van der Waals surface area contributed by atoms with Crippen molar-refractivity contribution in [3.8, 4) is 0 Å². The molecule has 1 N–H and O–H groups in total. The Kier molecular flexibility index (Phi) is 4.62. The monoisotopic (exact) mass is 404 g/mol. The molecule has 5 rings (SSSR count). The van der Waals surface area contributed by atoms with Crippen LogP contribution in [0.3, 0.4) is 0 Å². The van der Waals surface area contributed by atoms with Crippen LogP contribution in [0.4, 0.5) is 5.95 Å². The second kappa shape index (κ2) is 7.58. The first-order valence-corrected chi connectivity index (χ1v) is 9.82. The van der Waals surface area contributed by atoms with E-state index in [0.717, 1.165) is 29.7 Å². The maximum atomic E-state index is 12.1. The molecule has 1 amide bonds. The predicted molar refractivity (Wildman–Crippen MR) is 108 cm³/mol. The van der Waals surface area contributed by atoms with Crippen molar-refractivity contribution in [1.82, 2.24) is 24.7 Å². The summed E-state index contributed by atoms with van der Waals surface area (Å²) in [5.74, 6) is 1.76. The molecule has 9 nitrogen and oxygen atoms in total. The highest BCUT2D eigenvalue weighted by Crippen LogP contribution is 2.30. The van der Waals surface area contributed by atoms with Crippen LogP contribution in [-0.4, -0.2) is 30.6 Å². The van der Waals surface area contributed by atoms with Crippen LogP contribution in [0, 0.1) is 11.8 Å². The molecule has 0 spiro atoms. The summed E-state index contributed by atoms with van der Waals surface area (Å²) in [7, 11) is 0. The molecule has 0 aromatic carbocycles. The number of aromatic nitrogens is 5. The van der Waals surface area contributed by atoms with E-state index < -0.39 is 0 Å². The van der Waals surface area contributed by atoms with Crippen molar-refractivity contribution < 1.29 is 14.1 Å². The Bertz CT molecular complexity index is 1170. The van der Waals surface area contributed by atoms with Gasteiger partial charge in [0.25, 0.3) is 0 Å². The average molecular weight is 404 g/mol. The summed E-state index contributed by atoms with van der Waals surface area (Å²) in [4.78, 5) is 20.6. The first kappa shape index (κ1) is 18.3. The van der Waals surface area contributed by atoms with Gasteiger partial charge in [0.15, 0.2) is 12.3 Å². The highest BCUT2D eigenvalue weighted by atomic mass is 16.5. The predicted octanol–water partition coefficient (Wildman–Crippen LogP) is 3.15. The summed E-state index contributed by atoms with van der Waals surface area (Å²) in [6.45, 7) is 2.31. The number of hydrogen-bond donors (Lipinski definition) is 1. The van der Waals surface area contributed by atoms with Crippen LogP contribution in [0.15, 0.2) is 59.3 Å². The lowest BCUT2D eigenvalue weighted by Crippen LogP contribution is -2.14. The SMILES string of the molecule is CC1C=C(OCc2ncon2)C=CC(c2cccn3nc(NC(=O)C4CC4)nc23)=C1. The molecule has 0 radical (unpaired) electrons. The Hall–Kier alpha value is -3.75. The fourth-order valence-electron chi connectivity index (χ4n) is 3.30. The Morgan fingerprint density at radius 2 is 2.23 bits per heavy atom. The largest absolute Gasteiger partial charge is 0.486 e. The third-order valence-electron chi connectivity index (χ3n) is 4.93. The summed E-state index contributed by atoms with van der Waals surface area (Å²) < 4.78 is 12.2. The number of hydrogen-bond acceptors (Lipinski definition) is 7. The molecule has 3 aromatic rings. The van der Waals surface area contributed by atoms with E-state index in [-0.39, 0.29) is 24.3 Å². The van der Waals surface area contributed by atoms with Crippen LogP contribution >= 0.6 is 0 Å². The molecule has 9 heteroatoms. The van der Waals surface area contributed by atoms with Crippen LogP contribution in [0.2, 0.25) is 0 Å². The molecule has 2 aliphatic rings. The number of fused-ring (bicyclic) bond motifs is 1. The number of rotatable bonds is 6. The summed E-state index contributed by atoms with van der Waals surface area (Å²) in [6.07, 6.45) is 13.0. The van der Waals surface area contributed by atoms with E-state index in [1.807, 2.05) is 36.6 Å². The number of ether oxygens (including phenoxy) is 1. The molecular weight excluding hydrogens is 384 g/mol. The maximum Gasteiger partial charge on any atom is 0.249 e. The minimum Gasteiger partial charge on any atom is -0.486 e. The Morgan fingerprint density at radius 1 is 1.33 bits per heavy atom. The topological polar surface area (TPSA) is 107 Å². The molecule has 0 bridgehead atoms. The number of carbonyl (C=O) groups is 1. The van der Waals surface area contributed by atoms with Gasteiger partial charge in [-0.15, -0.1) is 5.10 Å². The highest BCUT2D eigenvalue weighted by Gasteiger charge is 2.30. The lowest BCUT2D eigenvalue weighted by Gasteiger charge is -2.05. The van der Waals surface area contributed by atoms with E-state index in [2.05, 4.69) is 38.5 Å². The number of pyridine rings is 1. The molecule has 1 saturated carbocycles. The third-order valence-corrected chi connectivity index (χ3v) is 4.93. The zero-order valence-corrected chi connectivity index (χ0v) is 16.4. The molecule has 0 aliphatic heterocycles. The number of anilines is 1. The standard InChI is InChI=1S/C21H20N6O3/c1-13-9-15(6-7-16(10-13)29-11-18-22-12-30-26-18)17-3-2-8-27-19(17)23-21(25-27)24-20(28)14-4-5-14/h2-3,6-10,12-14H,4-5,11H2,1H3,(H,24,25,28). The van der Waals surface area contributed by atoms with Crippen LogP contribution in [0.1, 0.15) is 31.2 Å². The molecule has 3 aromatic heterocycles. The van der Waals surface area contributed by atoms with Gasteiger partial charge in [-0.2, -0.15) is 9.97 Å². The molecule has 1 atom stereocenters. The molecule has 1 unspecified atom stereocenters. The lowest BCUT2D eigenvalue weighted by atomic mass is 10.0. The van der Waals surface area contributed by atoms with Crippen molar-refractivity contribution in [1.29, 1.82) is 0 Å². The number of nitrogens with zero attached hydrogens (tertiary/aromatic N) is 5. The van der Waals surface area contributed by atoms with E-state index in [1.54, 1.807) is 4.52 Å². The Balaban J connectivity index is 1.38. The third kappa shape index (κ3) is 3.86. The number of nitrogens with one attached hydrogen (secondary N) is 1. The van der Waals surface area contributed by atoms with E-state index in [4.69, 9.17) is 9.26 Å². The first-order valence-electron chi connectivity index (χ1n) is 9.82. The Morgan fingerprint density at radius 3 is 3.03 bits per heavy atom. The second-order valence-electron chi connectivity index (χ2n) is 7.41. The number of amides is 1. The van der Waals surface area contributed by atoms with E-state index >= 15 is 0 Å². The molecule has 3 heterocycles. The van der Waals surface area contributed by atoms with Gasteiger partial charge in [0.05, 0.1) is 0 Å². The van der Waals surface area contributed by atoms with Gasteiger partial charge >= 0.3 is 0 Å². The first-order chi connectivity index (χ1) is 14.7. The van der Waals surface area contributed by atoms with Gasteiger partial charge in [-0.25, -0.2) is 4.52 Å². The van der Waals surface area contributed by atoms with Crippen molar-refractivity contribution >= 4 is 23.1 Å². The smallest absolute Gasteiger partial charge is 0.249 e. The summed E-state index contributed by atoms with van der Waals surface area (Å²) in [5.41, 5.74) is 2.60. The van der Waals surface area contributed by atoms with Gasteiger partial charge in [-0.1, -0.05) is 24.2 Å². The molecule has 1 fully saturated rings. The van der Waals surface area contributed by atoms with E-state index in [1.165, 1.54) is 6.39 Å². The summed E-state index contributed by atoms with van der Waals surface area (Å²) in [6, 6.07) is 3.90. The summed E-state index contributed by atoms with van der Waals surface area (Å²) >= 11 is 0. The molecule has 152 valence electrons. The van der Waals surface area contributed by atoms with Crippen molar-refractivity contribution in [2.75, 3.05) is 5.32 Å². The van der Waals surface area contributed by atoms with Crippen LogP contribution in [0.25, 0.3) is 11.2 Å². The lowest BCUT2D eigenvalue weighted by molar-refractivity contribution is -0.117. The summed E-state index contributed by atoms with van der Waals surface area (Å²) in [5, 5.41) is 11.0. The molecule has 2 aliphatic carbocycles. The maximum absolute atomic E-state index is 12.1.